The number of carboxylic acids is 1. The van der Waals surface area contributed by atoms with Gasteiger partial charge < -0.3 is 15.3 Å². The summed E-state index contributed by atoms with van der Waals surface area (Å²) in [6, 6.07) is 12.3. The highest BCUT2D eigenvalue weighted by Gasteiger charge is 2.29. The summed E-state index contributed by atoms with van der Waals surface area (Å²) in [5, 5.41) is 29.7. The summed E-state index contributed by atoms with van der Waals surface area (Å²) in [4.78, 5) is 15.3. The van der Waals surface area contributed by atoms with Crippen molar-refractivity contribution in [2.24, 2.45) is 0 Å². The molecule has 3 N–H and O–H groups in total. The van der Waals surface area contributed by atoms with Crippen LogP contribution in [0.3, 0.4) is 0 Å². The molecule has 1 aromatic heterocycles. The third-order valence-corrected chi connectivity index (χ3v) is 4.96. The van der Waals surface area contributed by atoms with E-state index >= 15 is 0 Å². The van der Waals surface area contributed by atoms with E-state index in [1.807, 2.05) is 0 Å². The van der Waals surface area contributed by atoms with Crippen molar-refractivity contribution in [3.05, 3.63) is 71.7 Å². The van der Waals surface area contributed by atoms with Gasteiger partial charge >= 0.3 is 5.97 Å². The molecule has 2 atom stereocenters. The summed E-state index contributed by atoms with van der Waals surface area (Å²) in [6.07, 6.45) is -5.97. The molecule has 1 saturated carbocycles. The standard InChI is InChI=1S/C25H24FNO4/c26-17-9-7-15(8-10-17)24-20-3-1-2-4-22(20)27-25(16-5-6-16)21(24)12-11-18(28)13-19(29)14-23(30)31/h1-4,7-12,16,18-19,28-29H,5-6,13-14H2,(H,30,31)/b12-11+/t18-,19-/m1/s1/i5D2,6D2,16D. The molecular weight excluding hydrogens is 397 g/mol. The Morgan fingerprint density at radius 1 is 1.23 bits per heavy atom. The molecule has 1 aliphatic rings. The zero-order valence-corrected chi connectivity index (χ0v) is 16.4. The highest BCUT2D eigenvalue weighted by atomic mass is 19.1. The molecule has 160 valence electrons. The SMILES string of the molecule is [2H]C1([2H])C([2H])([2H])C1([2H])c1nc2ccccc2c(-c2ccc(F)cc2)c1/C=C/[C@@H](O)C[C@@H](O)CC(=O)O. The van der Waals surface area contributed by atoms with Crippen molar-refractivity contribution in [2.45, 2.75) is 43.7 Å². The lowest BCUT2D eigenvalue weighted by Gasteiger charge is -2.16. The molecule has 1 fully saturated rings. The number of carbonyl (C=O) groups is 1. The predicted octanol–water partition coefficient (Wildman–Crippen LogP) is 4.52. The quantitative estimate of drug-likeness (QED) is 0.493. The number of fused-ring (bicyclic) bond motifs is 1. The Kier molecular flexibility index (Phi) is 4.53. The summed E-state index contributed by atoms with van der Waals surface area (Å²) in [5.74, 6) is -4.08. The van der Waals surface area contributed by atoms with Gasteiger partial charge in [0.05, 0.1) is 29.8 Å². The number of halogens is 1. The van der Waals surface area contributed by atoms with E-state index in [-0.39, 0.29) is 17.7 Å². The van der Waals surface area contributed by atoms with Gasteiger partial charge in [-0.1, -0.05) is 42.5 Å². The van der Waals surface area contributed by atoms with Crippen molar-refractivity contribution in [3.8, 4) is 11.1 Å². The second-order valence-corrected chi connectivity index (χ2v) is 7.31. The molecule has 5 nitrogen and oxygen atoms in total. The number of aromatic nitrogens is 1. The maximum atomic E-state index is 13.7. The Labute approximate surface area is 186 Å². The van der Waals surface area contributed by atoms with Gasteiger partial charge in [-0.05, 0) is 36.5 Å². The van der Waals surface area contributed by atoms with E-state index < -0.39 is 49.1 Å². The van der Waals surface area contributed by atoms with E-state index in [9.17, 15) is 19.4 Å². The predicted molar refractivity (Wildman–Crippen MR) is 117 cm³/mol. The molecule has 6 heteroatoms. The number of carboxylic acid groups (broad SMARTS) is 1. The van der Waals surface area contributed by atoms with E-state index in [2.05, 4.69) is 4.98 Å². The van der Waals surface area contributed by atoms with Crippen molar-refractivity contribution in [1.82, 2.24) is 4.98 Å². The number of aliphatic hydroxyl groups excluding tert-OH is 2. The van der Waals surface area contributed by atoms with Crippen LogP contribution in [0.5, 0.6) is 0 Å². The number of hydrogen-bond acceptors (Lipinski definition) is 4. The Morgan fingerprint density at radius 3 is 2.61 bits per heavy atom. The monoisotopic (exact) mass is 426 g/mol. The fourth-order valence-electron chi connectivity index (χ4n) is 3.51. The summed E-state index contributed by atoms with van der Waals surface area (Å²) < 4.78 is 55.2. The van der Waals surface area contributed by atoms with Gasteiger partial charge in [-0.3, -0.25) is 9.78 Å². The number of nitrogens with zero attached hydrogens (tertiary/aromatic N) is 1. The van der Waals surface area contributed by atoms with Gasteiger partial charge in [0.25, 0.3) is 0 Å². The van der Waals surface area contributed by atoms with E-state index in [1.54, 1.807) is 24.3 Å². The van der Waals surface area contributed by atoms with Gasteiger partial charge in [-0.15, -0.1) is 0 Å². The lowest BCUT2D eigenvalue weighted by molar-refractivity contribution is -0.139. The summed E-state index contributed by atoms with van der Waals surface area (Å²) >= 11 is 0. The highest BCUT2D eigenvalue weighted by molar-refractivity contribution is 5.99. The number of aliphatic hydroxyl groups is 2. The molecule has 0 unspecified atom stereocenters. The first kappa shape index (κ1) is 15.7. The van der Waals surface area contributed by atoms with Gasteiger partial charge in [-0.25, -0.2) is 4.39 Å². The Hall–Kier alpha value is -3.09. The third kappa shape index (κ3) is 4.98. The molecule has 4 rings (SSSR count). The van der Waals surface area contributed by atoms with Gasteiger partial charge in [-0.2, -0.15) is 0 Å². The lowest BCUT2D eigenvalue weighted by atomic mass is 9.92. The third-order valence-electron chi connectivity index (χ3n) is 4.96. The molecule has 31 heavy (non-hydrogen) atoms. The van der Waals surface area contributed by atoms with Crippen molar-refractivity contribution < 1.29 is 31.4 Å². The molecule has 0 amide bonds. The Morgan fingerprint density at radius 2 is 1.94 bits per heavy atom. The van der Waals surface area contributed by atoms with Crippen molar-refractivity contribution in [2.75, 3.05) is 0 Å². The van der Waals surface area contributed by atoms with Gasteiger partial charge in [0.15, 0.2) is 0 Å². The fourth-order valence-corrected chi connectivity index (χ4v) is 3.51. The zero-order valence-electron chi connectivity index (χ0n) is 21.4. The molecule has 3 aromatic rings. The van der Waals surface area contributed by atoms with Crippen LogP contribution < -0.4 is 0 Å². The highest BCUT2D eigenvalue weighted by Crippen LogP contribution is 2.45. The van der Waals surface area contributed by atoms with Crippen LogP contribution in [0.2, 0.25) is 0 Å². The minimum absolute atomic E-state index is 0.160. The second-order valence-electron chi connectivity index (χ2n) is 7.31. The molecule has 1 heterocycles. The summed E-state index contributed by atoms with van der Waals surface area (Å²) in [7, 11) is 0. The van der Waals surface area contributed by atoms with Gasteiger partial charge in [0.1, 0.15) is 5.82 Å². The average Bonchev–Trinajstić information content (AvgIpc) is 3.13. The number of hydrogen-bond donors (Lipinski definition) is 3. The van der Waals surface area contributed by atoms with Crippen LogP contribution in [0.15, 0.2) is 54.6 Å². The maximum Gasteiger partial charge on any atom is 0.305 e. The number of rotatable bonds is 8. The summed E-state index contributed by atoms with van der Waals surface area (Å²) in [6.45, 7) is 0. The van der Waals surface area contributed by atoms with E-state index in [0.717, 1.165) is 0 Å². The lowest BCUT2D eigenvalue weighted by Crippen LogP contribution is -2.19. The van der Waals surface area contributed by atoms with Crippen LogP contribution in [-0.2, 0) is 4.79 Å². The number of aliphatic carboxylic acids is 1. The zero-order chi connectivity index (χ0) is 26.5. The molecule has 2 aromatic carbocycles. The first-order valence-electron chi connectivity index (χ1n) is 12.3. The fraction of sp³-hybridized carbons (Fsp3) is 0.280. The molecule has 0 aliphatic heterocycles. The van der Waals surface area contributed by atoms with Crippen LogP contribution in [0.1, 0.15) is 49.6 Å². The Bertz CT molecular complexity index is 1330. The second kappa shape index (κ2) is 8.96. The average molecular weight is 426 g/mol. The number of para-hydroxylation sites is 1. The van der Waals surface area contributed by atoms with E-state index in [1.165, 1.54) is 36.4 Å². The smallest absolute Gasteiger partial charge is 0.305 e. The summed E-state index contributed by atoms with van der Waals surface area (Å²) in [5.41, 5.74) is 1.29. The molecular formula is C25H24FNO4. The van der Waals surface area contributed by atoms with Gasteiger partial charge in [0.2, 0.25) is 0 Å². The molecule has 0 saturated heterocycles. The molecule has 0 spiro atoms. The first-order chi connectivity index (χ1) is 16.8. The number of pyridine rings is 1. The van der Waals surface area contributed by atoms with E-state index in [0.29, 0.717) is 22.0 Å². The minimum Gasteiger partial charge on any atom is -0.481 e. The normalized spacial score (nSPS) is 22.6. The van der Waals surface area contributed by atoms with Crippen molar-refractivity contribution >= 4 is 22.9 Å². The maximum absolute atomic E-state index is 13.7. The topological polar surface area (TPSA) is 90.7 Å². The van der Waals surface area contributed by atoms with Crippen LogP contribution in [0.4, 0.5) is 4.39 Å². The van der Waals surface area contributed by atoms with Crippen LogP contribution in [0, 0.1) is 5.82 Å². The van der Waals surface area contributed by atoms with Crippen LogP contribution >= 0.6 is 0 Å². The van der Waals surface area contributed by atoms with Crippen LogP contribution in [0.25, 0.3) is 28.1 Å². The van der Waals surface area contributed by atoms with Crippen molar-refractivity contribution in [3.63, 3.8) is 0 Å². The molecule has 1 aliphatic carbocycles. The number of benzene rings is 2. The minimum atomic E-state index is -2.56. The molecule has 0 radical (unpaired) electrons. The van der Waals surface area contributed by atoms with Gasteiger partial charge in [0, 0.05) is 35.7 Å². The largest absolute Gasteiger partial charge is 0.481 e. The Balaban J connectivity index is 1.94. The molecule has 0 bridgehead atoms. The van der Waals surface area contributed by atoms with E-state index in [4.69, 9.17) is 12.0 Å². The van der Waals surface area contributed by atoms with Crippen LogP contribution in [-0.4, -0.2) is 38.5 Å². The first-order valence-corrected chi connectivity index (χ1v) is 9.76. The van der Waals surface area contributed by atoms with Crippen molar-refractivity contribution in [1.29, 1.82) is 0 Å².